The maximum Gasteiger partial charge on any atom is 0.339 e. The number of aryl methyl sites for hydroxylation is 1. The number of nitrogens with zero attached hydrogens (tertiary/aromatic N) is 2. The SMILES string of the molecule is COC(=O)c1c(C)[nH]c(C(=O)N(C)CCN2CCOCC2)c1C. The molecular formula is C16H25N3O4. The van der Waals surface area contributed by atoms with Crippen molar-refractivity contribution in [2.45, 2.75) is 13.8 Å². The summed E-state index contributed by atoms with van der Waals surface area (Å²) in [7, 11) is 3.11. The molecule has 1 aromatic rings. The van der Waals surface area contributed by atoms with Gasteiger partial charge in [-0.1, -0.05) is 0 Å². The highest BCUT2D eigenvalue weighted by molar-refractivity contribution is 6.00. The average molecular weight is 323 g/mol. The predicted octanol–water partition coefficient (Wildman–Crippen LogP) is 0.822. The number of likely N-dealkylation sites (N-methyl/N-ethyl adjacent to an activating group) is 1. The highest BCUT2D eigenvalue weighted by Crippen LogP contribution is 2.20. The first-order chi connectivity index (χ1) is 11.0. The van der Waals surface area contributed by atoms with Gasteiger partial charge in [0.05, 0.1) is 25.9 Å². The van der Waals surface area contributed by atoms with Crippen molar-refractivity contribution < 1.29 is 19.1 Å². The minimum atomic E-state index is -0.425. The van der Waals surface area contributed by atoms with Crippen LogP contribution in [-0.2, 0) is 9.47 Å². The fraction of sp³-hybridized carbons (Fsp3) is 0.625. The number of carbonyl (C=O) groups is 2. The van der Waals surface area contributed by atoms with E-state index in [2.05, 4.69) is 9.88 Å². The van der Waals surface area contributed by atoms with E-state index in [-0.39, 0.29) is 5.91 Å². The van der Waals surface area contributed by atoms with Gasteiger partial charge >= 0.3 is 5.97 Å². The number of ether oxygens (including phenoxy) is 2. The lowest BCUT2D eigenvalue weighted by Crippen LogP contribution is -2.42. The molecule has 1 N–H and O–H groups in total. The van der Waals surface area contributed by atoms with Gasteiger partial charge in [-0.15, -0.1) is 0 Å². The van der Waals surface area contributed by atoms with Crippen LogP contribution in [0.15, 0.2) is 0 Å². The van der Waals surface area contributed by atoms with Gasteiger partial charge in [-0.3, -0.25) is 9.69 Å². The third kappa shape index (κ3) is 3.92. The second-order valence-corrected chi connectivity index (χ2v) is 5.80. The van der Waals surface area contributed by atoms with Crippen molar-refractivity contribution >= 4 is 11.9 Å². The van der Waals surface area contributed by atoms with Gasteiger partial charge in [0.1, 0.15) is 5.69 Å². The average Bonchev–Trinajstić information content (AvgIpc) is 2.86. The molecule has 0 unspecified atom stereocenters. The van der Waals surface area contributed by atoms with Crippen LogP contribution in [0.1, 0.15) is 32.1 Å². The molecule has 1 aromatic heterocycles. The van der Waals surface area contributed by atoms with E-state index >= 15 is 0 Å². The molecule has 0 atom stereocenters. The molecule has 0 radical (unpaired) electrons. The molecule has 1 amide bonds. The Labute approximate surface area is 136 Å². The van der Waals surface area contributed by atoms with Crippen molar-refractivity contribution in [3.05, 3.63) is 22.5 Å². The highest BCUT2D eigenvalue weighted by Gasteiger charge is 2.24. The van der Waals surface area contributed by atoms with Gasteiger partial charge in [0.25, 0.3) is 5.91 Å². The number of aromatic nitrogens is 1. The minimum absolute atomic E-state index is 0.117. The second kappa shape index (κ2) is 7.61. The standard InChI is InChI=1S/C16H25N3O4/c1-11-13(16(21)22-4)12(2)17-14(11)15(20)18(3)5-6-19-7-9-23-10-8-19/h17H,5-10H2,1-4H3. The molecule has 0 saturated carbocycles. The summed E-state index contributed by atoms with van der Waals surface area (Å²) < 4.78 is 10.1. The lowest BCUT2D eigenvalue weighted by atomic mass is 10.1. The molecule has 1 fully saturated rings. The molecule has 1 aliphatic rings. The lowest BCUT2D eigenvalue weighted by Gasteiger charge is -2.28. The van der Waals surface area contributed by atoms with Crippen LogP contribution < -0.4 is 0 Å². The van der Waals surface area contributed by atoms with E-state index in [1.54, 1.807) is 25.8 Å². The molecule has 128 valence electrons. The van der Waals surface area contributed by atoms with Crippen LogP contribution in [0.25, 0.3) is 0 Å². The van der Waals surface area contributed by atoms with Crippen molar-refractivity contribution in [2.75, 3.05) is 53.6 Å². The third-order valence-electron chi connectivity index (χ3n) is 4.24. The van der Waals surface area contributed by atoms with Gasteiger partial charge in [0, 0.05) is 38.9 Å². The van der Waals surface area contributed by atoms with E-state index < -0.39 is 5.97 Å². The topological polar surface area (TPSA) is 74.9 Å². The van der Waals surface area contributed by atoms with E-state index in [1.807, 2.05) is 0 Å². The largest absolute Gasteiger partial charge is 0.465 e. The zero-order valence-corrected chi connectivity index (χ0v) is 14.3. The Morgan fingerprint density at radius 2 is 1.96 bits per heavy atom. The Balaban J connectivity index is 2.03. The number of hydrogen-bond donors (Lipinski definition) is 1. The normalized spacial score (nSPS) is 15.5. The van der Waals surface area contributed by atoms with Gasteiger partial charge in [0.15, 0.2) is 0 Å². The van der Waals surface area contributed by atoms with Crippen LogP contribution in [0.4, 0.5) is 0 Å². The van der Waals surface area contributed by atoms with E-state index in [1.165, 1.54) is 7.11 Å². The summed E-state index contributed by atoms with van der Waals surface area (Å²) in [6.07, 6.45) is 0. The summed E-state index contributed by atoms with van der Waals surface area (Å²) in [4.78, 5) is 31.4. The summed E-state index contributed by atoms with van der Waals surface area (Å²) in [5.74, 6) is -0.541. The zero-order chi connectivity index (χ0) is 17.0. The Morgan fingerprint density at radius 3 is 2.57 bits per heavy atom. The number of rotatable bonds is 5. The molecule has 2 heterocycles. The number of methoxy groups -OCH3 is 1. The molecule has 2 rings (SSSR count). The van der Waals surface area contributed by atoms with Crippen LogP contribution in [0.2, 0.25) is 0 Å². The van der Waals surface area contributed by atoms with Crippen LogP contribution >= 0.6 is 0 Å². The summed E-state index contributed by atoms with van der Waals surface area (Å²) in [5, 5.41) is 0. The maximum atomic E-state index is 12.6. The van der Waals surface area contributed by atoms with Gasteiger partial charge in [-0.2, -0.15) is 0 Å². The summed E-state index contributed by atoms with van der Waals surface area (Å²) in [6.45, 7) is 8.26. The van der Waals surface area contributed by atoms with Crippen molar-refractivity contribution in [3.8, 4) is 0 Å². The molecule has 1 aliphatic heterocycles. The molecule has 23 heavy (non-hydrogen) atoms. The first-order valence-corrected chi connectivity index (χ1v) is 7.78. The van der Waals surface area contributed by atoms with Crippen LogP contribution in [0.3, 0.4) is 0 Å². The molecular weight excluding hydrogens is 298 g/mol. The third-order valence-corrected chi connectivity index (χ3v) is 4.24. The highest BCUT2D eigenvalue weighted by atomic mass is 16.5. The van der Waals surface area contributed by atoms with E-state index in [0.29, 0.717) is 29.1 Å². The smallest absolute Gasteiger partial charge is 0.339 e. The van der Waals surface area contributed by atoms with Crippen molar-refractivity contribution in [1.29, 1.82) is 0 Å². The first-order valence-electron chi connectivity index (χ1n) is 7.78. The number of hydrogen-bond acceptors (Lipinski definition) is 5. The van der Waals surface area contributed by atoms with Gasteiger partial charge in [-0.25, -0.2) is 4.79 Å². The van der Waals surface area contributed by atoms with Gasteiger partial charge in [-0.05, 0) is 19.4 Å². The predicted molar refractivity (Wildman–Crippen MR) is 85.8 cm³/mol. The summed E-state index contributed by atoms with van der Waals surface area (Å²) >= 11 is 0. The molecule has 7 nitrogen and oxygen atoms in total. The molecule has 0 aliphatic carbocycles. The Hall–Kier alpha value is -1.86. The van der Waals surface area contributed by atoms with Gasteiger partial charge in [0.2, 0.25) is 0 Å². The first kappa shape index (κ1) is 17.5. The Bertz CT molecular complexity index is 576. The molecule has 0 spiro atoms. The molecule has 0 aromatic carbocycles. The van der Waals surface area contributed by atoms with Crippen LogP contribution in [0, 0.1) is 13.8 Å². The second-order valence-electron chi connectivity index (χ2n) is 5.80. The molecule has 1 saturated heterocycles. The number of aromatic amines is 1. The fourth-order valence-electron chi connectivity index (χ4n) is 2.78. The number of morpholine rings is 1. The van der Waals surface area contributed by atoms with Crippen molar-refractivity contribution in [2.24, 2.45) is 0 Å². The van der Waals surface area contributed by atoms with E-state index in [4.69, 9.17) is 9.47 Å². The zero-order valence-electron chi connectivity index (χ0n) is 14.3. The lowest BCUT2D eigenvalue weighted by molar-refractivity contribution is 0.0337. The van der Waals surface area contributed by atoms with Crippen molar-refractivity contribution in [1.82, 2.24) is 14.8 Å². The van der Waals surface area contributed by atoms with E-state index in [0.717, 1.165) is 32.8 Å². The molecule has 7 heteroatoms. The Morgan fingerprint density at radius 1 is 1.30 bits per heavy atom. The van der Waals surface area contributed by atoms with Crippen LogP contribution in [0.5, 0.6) is 0 Å². The van der Waals surface area contributed by atoms with E-state index in [9.17, 15) is 9.59 Å². The van der Waals surface area contributed by atoms with Gasteiger partial charge < -0.3 is 19.4 Å². The maximum absolute atomic E-state index is 12.6. The number of amides is 1. The number of nitrogens with one attached hydrogen (secondary N) is 1. The monoisotopic (exact) mass is 323 g/mol. The summed E-state index contributed by atoms with van der Waals surface area (Å²) in [5.41, 5.74) is 2.18. The quantitative estimate of drug-likeness (QED) is 0.812. The minimum Gasteiger partial charge on any atom is -0.465 e. The Kier molecular flexibility index (Phi) is 5.79. The van der Waals surface area contributed by atoms with Crippen molar-refractivity contribution in [3.63, 3.8) is 0 Å². The number of carbonyl (C=O) groups excluding carboxylic acids is 2. The molecule has 0 bridgehead atoms. The summed E-state index contributed by atoms with van der Waals surface area (Å²) in [6, 6.07) is 0. The number of H-pyrrole nitrogens is 1. The number of esters is 1. The fourth-order valence-corrected chi connectivity index (χ4v) is 2.78. The van der Waals surface area contributed by atoms with Crippen LogP contribution in [-0.4, -0.2) is 80.2 Å².